The molecule has 15 heteroatoms. The molecule has 0 aliphatic carbocycles. The summed E-state index contributed by atoms with van der Waals surface area (Å²) in [6.07, 6.45) is -0.609. The van der Waals surface area contributed by atoms with Gasteiger partial charge in [0, 0.05) is 13.0 Å². The first kappa shape index (κ1) is 30.0. The van der Waals surface area contributed by atoms with Gasteiger partial charge in [-0.1, -0.05) is 18.2 Å². The van der Waals surface area contributed by atoms with Crippen molar-refractivity contribution in [2.75, 3.05) is 26.3 Å². The second-order valence-corrected chi connectivity index (χ2v) is 9.37. The topological polar surface area (TPSA) is 203 Å². The lowest BCUT2D eigenvalue weighted by Crippen LogP contribution is -2.65. The number of carbonyl (C=O) groups excluding carboxylic acids is 6. The number of urea groups is 1. The van der Waals surface area contributed by atoms with Crippen LogP contribution in [0.4, 0.5) is 4.79 Å². The zero-order chi connectivity index (χ0) is 29.6. The number of hydrogen-bond acceptors (Lipinski definition) is 9. The van der Waals surface area contributed by atoms with Crippen LogP contribution in [0.15, 0.2) is 18.2 Å². The van der Waals surface area contributed by atoms with Gasteiger partial charge in [-0.3, -0.25) is 29.4 Å². The van der Waals surface area contributed by atoms with Crippen LogP contribution in [0, 0.1) is 13.8 Å². The Morgan fingerprint density at radius 3 is 2.40 bits per heavy atom. The van der Waals surface area contributed by atoms with E-state index in [1.165, 1.54) is 0 Å². The van der Waals surface area contributed by atoms with Crippen LogP contribution in [0.1, 0.15) is 47.2 Å². The molecule has 2 aliphatic rings. The Morgan fingerprint density at radius 1 is 1.10 bits per heavy atom. The number of amides is 5. The molecule has 216 valence electrons. The Kier molecular flexibility index (Phi) is 9.77. The number of aliphatic hydroxyl groups excluding tert-OH is 1. The number of carboxylic acids is 1. The average molecular weight is 562 g/mol. The summed E-state index contributed by atoms with van der Waals surface area (Å²) in [7, 11) is 0. The minimum atomic E-state index is -1.60. The molecule has 0 radical (unpaired) electrons. The lowest BCUT2D eigenvalue weighted by Gasteiger charge is -2.43. The van der Waals surface area contributed by atoms with E-state index in [1.807, 2.05) is 0 Å². The quantitative estimate of drug-likeness (QED) is 0.258. The first-order chi connectivity index (χ1) is 18.9. The van der Waals surface area contributed by atoms with E-state index in [-0.39, 0.29) is 31.5 Å². The Bertz CT molecular complexity index is 1200. The molecule has 15 nitrogen and oxygen atoms in total. The number of Topliss-reactive ketones (excluding diaryl/α,β-unsaturated/α-hetero) is 1. The van der Waals surface area contributed by atoms with Crippen LogP contribution >= 0.6 is 0 Å². The molecule has 2 aliphatic heterocycles. The number of aliphatic carboxylic acids is 1. The van der Waals surface area contributed by atoms with E-state index < -0.39 is 73.2 Å². The van der Waals surface area contributed by atoms with Gasteiger partial charge in [0.2, 0.25) is 11.8 Å². The van der Waals surface area contributed by atoms with Gasteiger partial charge < -0.3 is 20.3 Å². The van der Waals surface area contributed by atoms with Crippen molar-refractivity contribution in [1.29, 1.82) is 0 Å². The maximum absolute atomic E-state index is 13.3. The zero-order valence-corrected chi connectivity index (χ0v) is 22.0. The number of fused-ring (bicyclic) bond motifs is 1. The molecule has 0 unspecified atom stereocenters. The molecule has 5 amide bonds. The molecule has 0 spiro atoms. The molecule has 2 atom stereocenters. The summed E-state index contributed by atoms with van der Waals surface area (Å²) in [5.41, 5.74) is 3.67. The van der Waals surface area contributed by atoms with E-state index in [4.69, 9.17) is 9.84 Å². The van der Waals surface area contributed by atoms with Crippen molar-refractivity contribution >= 4 is 41.5 Å². The molecule has 0 bridgehead atoms. The second kappa shape index (κ2) is 13.0. The van der Waals surface area contributed by atoms with Crippen molar-refractivity contribution in [3.8, 4) is 0 Å². The van der Waals surface area contributed by atoms with Crippen molar-refractivity contribution in [3.63, 3.8) is 0 Å². The van der Waals surface area contributed by atoms with Crippen LogP contribution in [0.3, 0.4) is 0 Å². The number of nitrogens with zero attached hydrogens (tertiary/aromatic N) is 3. The van der Waals surface area contributed by atoms with Crippen molar-refractivity contribution < 1.29 is 48.5 Å². The highest BCUT2D eigenvalue weighted by atomic mass is 16.5. The van der Waals surface area contributed by atoms with E-state index in [9.17, 15) is 38.7 Å². The smallest absolute Gasteiger partial charge is 0.358 e. The van der Waals surface area contributed by atoms with E-state index in [0.29, 0.717) is 17.5 Å². The van der Waals surface area contributed by atoms with Gasteiger partial charge in [0.1, 0.15) is 18.7 Å². The Labute approximate surface area is 229 Å². The molecule has 40 heavy (non-hydrogen) atoms. The number of esters is 1. The third-order valence-electron chi connectivity index (χ3n) is 6.49. The predicted molar refractivity (Wildman–Crippen MR) is 134 cm³/mol. The minimum Gasteiger partial charge on any atom is -0.481 e. The van der Waals surface area contributed by atoms with E-state index in [1.54, 1.807) is 32.0 Å². The van der Waals surface area contributed by atoms with Crippen molar-refractivity contribution in [2.24, 2.45) is 0 Å². The lowest BCUT2D eigenvalue weighted by atomic mass is 10.0. The van der Waals surface area contributed by atoms with Crippen LogP contribution in [-0.4, -0.2) is 105 Å². The first-order valence-corrected chi connectivity index (χ1v) is 12.5. The molecule has 2 heterocycles. The fourth-order valence-electron chi connectivity index (χ4n) is 4.54. The molecule has 1 aromatic rings. The predicted octanol–water partition coefficient (Wildman–Crippen LogP) is -0.954. The lowest BCUT2D eigenvalue weighted by molar-refractivity contribution is -0.155. The summed E-state index contributed by atoms with van der Waals surface area (Å²) >= 11 is 0. The fourth-order valence-corrected chi connectivity index (χ4v) is 4.54. The third kappa shape index (κ3) is 6.91. The summed E-state index contributed by atoms with van der Waals surface area (Å²) in [5, 5.41) is 23.4. The average Bonchev–Trinajstić information content (AvgIpc) is 3.02. The summed E-state index contributed by atoms with van der Waals surface area (Å²) < 4.78 is 5.12. The number of aliphatic hydroxyl groups is 1. The minimum absolute atomic E-state index is 0.0681. The van der Waals surface area contributed by atoms with Gasteiger partial charge in [-0.25, -0.2) is 24.6 Å². The second-order valence-electron chi connectivity index (χ2n) is 9.37. The SMILES string of the molecule is Cc1cccc(C)c1C(=O)OCC(=O)[C@H](CC(=O)O)NC(=O)[C@@H]1CCCN2C(=O)CCN(NC(=O)CO)C(=O)N12. The van der Waals surface area contributed by atoms with Gasteiger partial charge in [0.25, 0.3) is 5.91 Å². The number of hydrogen-bond donors (Lipinski definition) is 4. The van der Waals surface area contributed by atoms with E-state index >= 15 is 0 Å². The summed E-state index contributed by atoms with van der Waals surface area (Å²) in [4.78, 5) is 87.8. The molecule has 0 aromatic heterocycles. The number of carboxylic acid groups (broad SMARTS) is 1. The fraction of sp³-hybridized carbons (Fsp3) is 0.480. The first-order valence-electron chi connectivity index (χ1n) is 12.5. The number of benzene rings is 1. The van der Waals surface area contributed by atoms with Gasteiger partial charge in [-0.05, 0) is 37.8 Å². The van der Waals surface area contributed by atoms with E-state index in [2.05, 4.69) is 10.7 Å². The Balaban J connectivity index is 1.76. The number of nitrogens with one attached hydrogen (secondary N) is 2. The summed E-state index contributed by atoms with van der Waals surface area (Å²) in [5.74, 6) is -5.41. The molecular formula is C25H31N5O10. The number of rotatable bonds is 10. The van der Waals surface area contributed by atoms with Gasteiger partial charge in [-0.15, -0.1) is 0 Å². The third-order valence-corrected chi connectivity index (χ3v) is 6.49. The van der Waals surface area contributed by atoms with Crippen LogP contribution in [0.5, 0.6) is 0 Å². The van der Waals surface area contributed by atoms with Crippen LogP contribution in [0.2, 0.25) is 0 Å². The van der Waals surface area contributed by atoms with Crippen LogP contribution < -0.4 is 10.7 Å². The number of hydrazine groups is 2. The van der Waals surface area contributed by atoms with Gasteiger partial charge in [0.05, 0.1) is 18.5 Å². The molecule has 0 saturated carbocycles. The molecular weight excluding hydrogens is 530 g/mol. The molecule has 2 fully saturated rings. The molecule has 4 N–H and O–H groups in total. The molecule has 2 saturated heterocycles. The normalized spacial score (nSPS) is 17.9. The van der Waals surface area contributed by atoms with Crippen molar-refractivity contribution in [3.05, 3.63) is 34.9 Å². The summed E-state index contributed by atoms with van der Waals surface area (Å²) in [6, 6.07) is 1.29. The number of carbonyl (C=O) groups is 7. The number of ketones is 1. The zero-order valence-electron chi connectivity index (χ0n) is 22.0. The van der Waals surface area contributed by atoms with Gasteiger partial charge >= 0.3 is 18.0 Å². The van der Waals surface area contributed by atoms with E-state index in [0.717, 1.165) is 15.0 Å². The maximum Gasteiger partial charge on any atom is 0.358 e. The number of aryl methyl sites for hydroxylation is 2. The monoisotopic (exact) mass is 561 g/mol. The van der Waals surface area contributed by atoms with Crippen LogP contribution in [-0.2, 0) is 28.7 Å². The maximum atomic E-state index is 13.3. The van der Waals surface area contributed by atoms with Crippen molar-refractivity contribution in [1.82, 2.24) is 25.8 Å². The highest BCUT2D eigenvalue weighted by molar-refractivity contribution is 5.98. The molecule has 1 aromatic carbocycles. The molecule has 3 rings (SSSR count). The highest BCUT2D eigenvalue weighted by Crippen LogP contribution is 2.24. The Hall–Kier alpha value is -4.53. The highest BCUT2D eigenvalue weighted by Gasteiger charge is 2.44. The van der Waals surface area contributed by atoms with Gasteiger partial charge in [0.15, 0.2) is 12.4 Å². The van der Waals surface area contributed by atoms with Gasteiger partial charge in [-0.2, -0.15) is 0 Å². The number of ether oxygens (including phenoxy) is 1. The summed E-state index contributed by atoms with van der Waals surface area (Å²) in [6.45, 7) is 1.55. The van der Waals surface area contributed by atoms with Crippen LogP contribution in [0.25, 0.3) is 0 Å². The Morgan fingerprint density at radius 2 is 1.77 bits per heavy atom. The standard InChI is InChI=1S/C25H31N5O10/c1-14-5-3-6-15(2)22(14)24(38)40-13-18(32)16(11-21(35)36)26-23(37)17-7-4-9-29-20(34)8-10-28(25(39)30(17)29)27-19(33)12-31/h3,5-6,16-17,31H,4,7-13H2,1-2H3,(H,26,37)(H,27,33)(H,35,36)/t16-,17-/m0/s1. The largest absolute Gasteiger partial charge is 0.481 e. The van der Waals surface area contributed by atoms with Crippen molar-refractivity contribution in [2.45, 2.75) is 51.6 Å².